The molecule has 0 aliphatic carbocycles. The van der Waals surface area contributed by atoms with E-state index in [-0.39, 0.29) is 5.84 Å². The lowest BCUT2D eigenvalue weighted by molar-refractivity contribution is 0.981. The van der Waals surface area contributed by atoms with Gasteiger partial charge in [-0.1, -0.05) is 29.0 Å². The standard InChI is InChI=1S/C15H12ClN7/c16-11-6-9(3-4-10(11)12-2-1-5-19-12)13-7-14(21-8-20-13)15(17)22-23-18/h1-8,19H,(H3,17,18,22). The lowest BCUT2D eigenvalue weighted by atomic mass is 10.1. The first-order valence-electron chi connectivity index (χ1n) is 6.65. The Balaban J connectivity index is 2.00. The van der Waals surface area contributed by atoms with Crippen molar-refractivity contribution in [3.05, 3.63) is 59.6 Å². The van der Waals surface area contributed by atoms with Gasteiger partial charge in [0.05, 0.1) is 10.7 Å². The van der Waals surface area contributed by atoms with Gasteiger partial charge in [0.2, 0.25) is 0 Å². The van der Waals surface area contributed by atoms with Crippen LogP contribution in [0.2, 0.25) is 5.02 Å². The second-order valence-electron chi connectivity index (χ2n) is 4.65. The summed E-state index contributed by atoms with van der Waals surface area (Å²) in [6.45, 7) is 0. The number of nitrogens with two attached hydrogens (primary N) is 1. The van der Waals surface area contributed by atoms with Gasteiger partial charge in [0.1, 0.15) is 12.0 Å². The van der Waals surface area contributed by atoms with E-state index in [9.17, 15) is 0 Å². The SMILES string of the molecule is N=NN=C(N)c1cc(-c2ccc(-c3ccc[nH]3)c(Cl)c2)ncn1. The molecule has 0 atom stereocenters. The van der Waals surface area contributed by atoms with Crippen LogP contribution < -0.4 is 5.73 Å². The zero-order chi connectivity index (χ0) is 16.2. The van der Waals surface area contributed by atoms with Crippen molar-refractivity contribution in [3.63, 3.8) is 0 Å². The number of benzene rings is 1. The quantitative estimate of drug-likeness (QED) is 0.295. The van der Waals surface area contributed by atoms with Crippen LogP contribution in [0.15, 0.2) is 59.2 Å². The maximum absolute atomic E-state index is 6.71. The van der Waals surface area contributed by atoms with Crippen LogP contribution in [0, 0.1) is 5.53 Å². The normalized spacial score (nSPS) is 11.4. The number of nitrogens with one attached hydrogen (secondary N) is 2. The summed E-state index contributed by atoms with van der Waals surface area (Å²) in [6, 6.07) is 11.2. The number of nitrogens with zero attached hydrogens (tertiary/aromatic N) is 4. The van der Waals surface area contributed by atoms with E-state index in [0.29, 0.717) is 16.4 Å². The van der Waals surface area contributed by atoms with Crippen molar-refractivity contribution in [2.24, 2.45) is 16.1 Å². The van der Waals surface area contributed by atoms with Gasteiger partial charge in [0.15, 0.2) is 5.84 Å². The summed E-state index contributed by atoms with van der Waals surface area (Å²) in [4.78, 5) is 11.4. The van der Waals surface area contributed by atoms with E-state index in [1.54, 1.807) is 6.07 Å². The van der Waals surface area contributed by atoms with E-state index in [1.807, 2.05) is 36.5 Å². The Morgan fingerprint density at radius 3 is 2.78 bits per heavy atom. The first-order chi connectivity index (χ1) is 11.2. The molecule has 0 unspecified atom stereocenters. The van der Waals surface area contributed by atoms with Crippen LogP contribution in [0.4, 0.5) is 0 Å². The molecule has 7 nitrogen and oxygen atoms in total. The molecule has 0 aliphatic heterocycles. The van der Waals surface area contributed by atoms with Gasteiger partial charge in [-0.25, -0.2) is 9.97 Å². The van der Waals surface area contributed by atoms with Gasteiger partial charge in [-0.15, -0.1) is 5.10 Å². The monoisotopic (exact) mass is 325 g/mol. The Morgan fingerprint density at radius 2 is 2.09 bits per heavy atom. The lowest BCUT2D eigenvalue weighted by Crippen LogP contribution is -2.14. The third-order valence-electron chi connectivity index (χ3n) is 3.24. The molecule has 0 amide bonds. The molecule has 0 saturated heterocycles. The molecular weight excluding hydrogens is 314 g/mol. The summed E-state index contributed by atoms with van der Waals surface area (Å²) in [6.07, 6.45) is 3.22. The molecule has 3 rings (SSSR count). The van der Waals surface area contributed by atoms with Crippen molar-refractivity contribution in [1.29, 1.82) is 5.53 Å². The summed E-state index contributed by atoms with van der Waals surface area (Å²) in [7, 11) is 0. The number of hydrogen-bond acceptors (Lipinski definition) is 4. The average Bonchev–Trinajstić information content (AvgIpc) is 3.09. The van der Waals surface area contributed by atoms with Crippen LogP contribution in [0.3, 0.4) is 0 Å². The molecule has 0 spiro atoms. The second kappa shape index (κ2) is 6.37. The molecule has 0 saturated carbocycles. The fourth-order valence-corrected chi connectivity index (χ4v) is 2.43. The van der Waals surface area contributed by atoms with Crippen LogP contribution in [-0.2, 0) is 0 Å². The van der Waals surface area contributed by atoms with E-state index in [4.69, 9.17) is 22.9 Å². The van der Waals surface area contributed by atoms with Crippen molar-refractivity contribution in [2.45, 2.75) is 0 Å². The molecule has 0 radical (unpaired) electrons. The minimum Gasteiger partial charge on any atom is -0.380 e. The van der Waals surface area contributed by atoms with Crippen LogP contribution in [0.25, 0.3) is 22.5 Å². The van der Waals surface area contributed by atoms with E-state index in [0.717, 1.165) is 16.8 Å². The molecule has 2 heterocycles. The Bertz CT molecular complexity index is 871. The topological polar surface area (TPSA) is 116 Å². The second-order valence-corrected chi connectivity index (χ2v) is 5.06. The number of H-pyrrole nitrogens is 1. The number of aromatic amines is 1. The van der Waals surface area contributed by atoms with Gasteiger partial charge in [-0.05, 0) is 24.3 Å². The maximum Gasteiger partial charge on any atom is 0.173 e. The molecule has 1 aromatic carbocycles. The summed E-state index contributed by atoms with van der Waals surface area (Å²) in [5.41, 5.74) is 16.1. The van der Waals surface area contributed by atoms with Crippen LogP contribution in [0.5, 0.6) is 0 Å². The van der Waals surface area contributed by atoms with Gasteiger partial charge in [0.25, 0.3) is 0 Å². The lowest BCUT2D eigenvalue weighted by Gasteiger charge is -2.07. The van der Waals surface area contributed by atoms with Gasteiger partial charge in [0, 0.05) is 23.0 Å². The third kappa shape index (κ3) is 3.09. The highest BCUT2D eigenvalue weighted by atomic mass is 35.5. The van der Waals surface area contributed by atoms with Crippen molar-refractivity contribution >= 4 is 17.4 Å². The zero-order valence-electron chi connectivity index (χ0n) is 11.9. The fraction of sp³-hybridized carbons (Fsp3) is 0. The molecule has 8 heteroatoms. The first kappa shape index (κ1) is 14.9. The van der Waals surface area contributed by atoms with Crippen molar-refractivity contribution in [3.8, 4) is 22.5 Å². The molecule has 0 aliphatic rings. The molecule has 23 heavy (non-hydrogen) atoms. The minimum absolute atomic E-state index is 0.0535. The van der Waals surface area contributed by atoms with Gasteiger partial charge >= 0.3 is 0 Å². The zero-order valence-corrected chi connectivity index (χ0v) is 12.6. The summed E-state index contributed by atoms with van der Waals surface area (Å²) in [5, 5.41) is 6.96. The van der Waals surface area contributed by atoms with E-state index >= 15 is 0 Å². The molecule has 0 fully saturated rings. The number of rotatable bonds is 4. The predicted octanol–water partition coefficient (Wildman–Crippen LogP) is 3.44. The highest BCUT2D eigenvalue weighted by molar-refractivity contribution is 6.33. The van der Waals surface area contributed by atoms with Gasteiger partial charge in [-0.2, -0.15) is 5.53 Å². The minimum atomic E-state index is 0.0535. The first-order valence-corrected chi connectivity index (χ1v) is 7.03. The highest BCUT2D eigenvalue weighted by Gasteiger charge is 2.09. The van der Waals surface area contributed by atoms with Crippen molar-refractivity contribution in [2.75, 3.05) is 0 Å². The van der Waals surface area contributed by atoms with Gasteiger partial charge < -0.3 is 10.7 Å². The average molecular weight is 326 g/mol. The maximum atomic E-state index is 6.71. The molecule has 2 aromatic heterocycles. The highest BCUT2D eigenvalue weighted by Crippen LogP contribution is 2.30. The van der Waals surface area contributed by atoms with E-state index in [1.165, 1.54) is 6.33 Å². The number of hydrogen-bond donors (Lipinski definition) is 3. The Morgan fingerprint density at radius 1 is 1.22 bits per heavy atom. The van der Waals surface area contributed by atoms with E-state index < -0.39 is 0 Å². The van der Waals surface area contributed by atoms with Crippen LogP contribution >= 0.6 is 11.6 Å². The fourth-order valence-electron chi connectivity index (χ4n) is 2.15. The molecule has 114 valence electrons. The third-order valence-corrected chi connectivity index (χ3v) is 3.55. The number of halogens is 1. The smallest absolute Gasteiger partial charge is 0.173 e. The number of amidine groups is 1. The summed E-state index contributed by atoms with van der Waals surface area (Å²) in [5.74, 6) is 0.0535. The van der Waals surface area contributed by atoms with Crippen LogP contribution in [-0.4, -0.2) is 20.8 Å². The van der Waals surface area contributed by atoms with Gasteiger partial charge in [-0.3, -0.25) is 0 Å². The predicted molar refractivity (Wildman–Crippen MR) is 88.1 cm³/mol. The summed E-state index contributed by atoms with van der Waals surface area (Å²) >= 11 is 6.37. The van der Waals surface area contributed by atoms with E-state index in [2.05, 4.69) is 25.3 Å². The van der Waals surface area contributed by atoms with Crippen LogP contribution in [0.1, 0.15) is 5.69 Å². The molecular formula is C15H12ClN7. The Hall–Kier alpha value is -3.06. The number of aromatic nitrogens is 3. The largest absolute Gasteiger partial charge is 0.380 e. The molecule has 4 N–H and O–H groups in total. The Kier molecular flexibility index (Phi) is 4.11. The summed E-state index contributed by atoms with van der Waals surface area (Å²) < 4.78 is 0. The van der Waals surface area contributed by atoms with Crippen molar-refractivity contribution in [1.82, 2.24) is 15.0 Å². The molecule has 0 bridgehead atoms. The Labute approximate surface area is 136 Å². The van der Waals surface area contributed by atoms with Crippen molar-refractivity contribution < 1.29 is 0 Å². The molecule has 3 aromatic rings.